The summed E-state index contributed by atoms with van der Waals surface area (Å²) < 4.78 is 6.64. The molecular weight excluding hydrogens is 284 g/mol. The minimum Gasteiger partial charge on any atom is -0.360 e. The van der Waals surface area contributed by atoms with Gasteiger partial charge in [0.25, 0.3) is 5.91 Å². The van der Waals surface area contributed by atoms with Gasteiger partial charge in [-0.25, -0.2) is 0 Å². The largest absolute Gasteiger partial charge is 0.360 e. The molecule has 0 saturated carbocycles. The molecule has 22 heavy (non-hydrogen) atoms. The summed E-state index contributed by atoms with van der Waals surface area (Å²) in [4.78, 5) is 12.0. The molecule has 0 unspecified atom stereocenters. The third kappa shape index (κ3) is 3.91. The summed E-state index contributed by atoms with van der Waals surface area (Å²) in [6.45, 7) is 2.15. The van der Waals surface area contributed by atoms with Crippen LogP contribution in [0.4, 0.5) is 0 Å². The van der Waals surface area contributed by atoms with Crippen LogP contribution in [0.5, 0.6) is 0 Å². The van der Waals surface area contributed by atoms with Crippen molar-refractivity contribution in [1.82, 2.24) is 30.8 Å². The van der Waals surface area contributed by atoms with Gasteiger partial charge in [-0.05, 0) is 25.8 Å². The van der Waals surface area contributed by atoms with E-state index < -0.39 is 0 Å². The van der Waals surface area contributed by atoms with Crippen LogP contribution in [0, 0.1) is 0 Å². The molecule has 0 aromatic carbocycles. The maximum absolute atomic E-state index is 12.0. The molecule has 2 N–H and O–H groups in total. The van der Waals surface area contributed by atoms with Gasteiger partial charge in [0, 0.05) is 18.7 Å². The highest BCUT2D eigenvalue weighted by molar-refractivity contribution is 5.91. The first kappa shape index (κ1) is 14.7. The first-order valence-electron chi connectivity index (χ1n) is 7.62. The Bertz CT molecular complexity index is 588. The molecule has 3 heterocycles. The number of amides is 1. The number of aryl methyl sites for hydroxylation is 1. The van der Waals surface area contributed by atoms with Gasteiger partial charge in [-0.1, -0.05) is 16.8 Å². The van der Waals surface area contributed by atoms with E-state index in [1.807, 2.05) is 0 Å². The molecule has 1 fully saturated rings. The fourth-order valence-corrected chi connectivity index (χ4v) is 2.56. The minimum absolute atomic E-state index is 0.265. The molecule has 118 valence electrons. The topological polar surface area (TPSA) is 97.9 Å². The van der Waals surface area contributed by atoms with Crippen molar-refractivity contribution < 1.29 is 9.32 Å². The van der Waals surface area contributed by atoms with Crippen molar-refractivity contribution in [2.75, 3.05) is 6.54 Å². The zero-order chi connectivity index (χ0) is 15.2. The molecule has 1 amide bonds. The highest BCUT2D eigenvalue weighted by Gasteiger charge is 2.14. The van der Waals surface area contributed by atoms with Crippen molar-refractivity contribution in [3.8, 4) is 0 Å². The maximum Gasteiger partial charge on any atom is 0.273 e. The molecular formula is C14H20N6O2. The Balaban J connectivity index is 1.46. The second-order valence-corrected chi connectivity index (χ2v) is 5.46. The second kappa shape index (κ2) is 7.17. The molecule has 2 aromatic heterocycles. The lowest BCUT2D eigenvalue weighted by Crippen LogP contribution is -2.34. The summed E-state index contributed by atoms with van der Waals surface area (Å²) >= 11 is 0. The Kier molecular flexibility index (Phi) is 4.79. The normalized spacial score (nSPS) is 18.3. The molecule has 0 aliphatic carbocycles. The van der Waals surface area contributed by atoms with E-state index in [-0.39, 0.29) is 12.5 Å². The van der Waals surface area contributed by atoms with Gasteiger partial charge in [0.1, 0.15) is 0 Å². The second-order valence-electron chi connectivity index (χ2n) is 5.46. The third-order valence-corrected chi connectivity index (χ3v) is 3.80. The smallest absolute Gasteiger partial charge is 0.273 e. The van der Waals surface area contributed by atoms with Gasteiger partial charge in [-0.3, -0.25) is 9.48 Å². The van der Waals surface area contributed by atoms with Crippen LogP contribution in [0.15, 0.2) is 23.0 Å². The Labute approximate surface area is 128 Å². The van der Waals surface area contributed by atoms with Crippen molar-refractivity contribution in [3.63, 3.8) is 0 Å². The molecule has 1 atom stereocenters. The van der Waals surface area contributed by atoms with Gasteiger partial charge in [-0.2, -0.15) is 0 Å². The first-order valence-corrected chi connectivity index (χ1v) is 7.62. The number of hydrogen-bond donors (Lipinski definition) is 2. The van der Waals surface area contributed by atoms with Gasteiger partial charge in [0.2, 0.25) is 0 Å². The lowest BCUT2D eigenvalue weighted by Gasteiger charge is -2.23. The molecule has 1 saturated heterocycles. The maximum atomic E-state index is 12.0. The van der Waals surface area contributed by atoms with E-state index in [0.717, 1.165) is 19.5 Å². The van der Waals surface area contributed by atoms with Gasteiger partial charge in [-0.15, -0.1) is 5.10 Å². The molecule has 8 nitrogen and oxygen atoms in total. The summed E-state index contributed by atoms with van der Waals surface area (Å²) in [5.74, 6) is 0.336. The monoisotopic (exact) mass is 304 g/mol. The molecule has 0 spiro atoms. The molecule has 1 aliphatic rings. The Hall–Kier alpha value is -2.22. The van der Waals surface area contributed by atoms with Crippen molar-refractivity contribution >= 4 is 5.91 Å². The lowest BCUT2D eigenvalue weighted by molar-refractivity contribution is 0.0942. The molecule has 8 heteroatoms. The van der Waals surface area contributed by atoms with E-state index in [4.69, 9.17) is 4.52 Å². The van der Waals surface area contributed by atoms with Crippen LogP contribution < -0.4 is 10.6 Å². The van der Waals surface area contributed by atoms with Crippen LogP contribution in [0.25, 0.3) is 0 Å². The van der Waals surface area contributed by atoms with Crippen LogP contribution in [0.2, 0.25) is 0 Å². The zero-order valence-corrected chi connectivity index (χ0v) is 12.4. The number of nitrogens with zero attached hydrogens (tertiary/aromatic N) is 4. The quantitative estimate of drug-likeness (QED) is 0.816. The molecule has 0 radical (unpaired) electrons. The lowest BCUT2D eigenvalue weighted by atomic mass is 10.0. The highest BCUT2D eigenvalue weighted by Crippen LogP contribution is 2.10. The minimum atomic E-state index is -0.265. The predicted octanol–water partition coefficient (Wildman–Crippen LogP) is 0.728. The number of rotatable bonds is 6. The van der Waals surface area contributed by atoms with Crippen molar-refractivity contribution in [2.45, 2.75) is 44.8 Å². The molecule has 2 aromatic rings. The first-order chi connectivity index (χ1) is 10.8. The van der Waals surface area contributed by atoms with Crippen molar-refractivity contribution in [2.24, 2.45) is 0 Å². The van der Waals surface area contributed by atoms with E-state index >= 15 is 0 Å². The third-order valence-electron chi connectivity index (χ3n) is 3.80. The van der Waals surface area contributed by atoms with Gasteiger partial charge in [0.05, 0.1) is 18.9 Å². The summed E-state index contributed by atoms with van der Waals surface area (Å²) in [6.07, 6.45) is 7.97. The summed E-state index contributed by atoms with van der Waals surface area (Å²) in [5.41, 5.74) is 0.316. The fourth-order valence-electron chi connectivity index (χ4n) is 2.56. The fraction of sp³-hybridized carbons (Fsp3) is 0.571. The molecule has 0 bridgehead atoms. The van der Waals surface area contributed by atoms with E-state index in [1.165, 1.54) is 25.5 Å². The van der Waals surface area contributed by atoms with Gasteiger partial charge >= 0.3 is 0 Å². The molecule has 1 aliphatic heterocycles. The number of nitrogens with one attached hydrogen (secondary N) is 2. The van der Waals surface area contributed by atoms with Gasteiger partial charge < -0.3 is 15.2 Å². The van der Waals surface area contributed by atoms with E-state index in [0.29, 0.717) is 17.5 Å². The van der Waals surface area contributed by atoms with Crippen molar-refractivity contribution in [3.05, 3.63) is 29.9 Å². The number of piperidine rings is 1. The van der Waals surface area contributed by atoms with E-state index in [9.17, 15) is 4.79 Å². The SMILES string of the molecule is O=C(NCc1ccno1)c1cn(CC[C@H]2CCCCN2)nn1. The van der Waals surface area contributed by atoms with Crippen LogP contribution in [0.1, 0.15) is 41.9 Å². The number of hydrogen-bond acceptors (Lipinski definition) is 6. The van der Waals surface area contributed by atoms with Crippen LogP contribution >= 0.6 is 0 Å². The Morgan fingerprint density at radius 3 is 3.23 bits per heavy atom. The highest BCUT2D eigenvalue weighted by atomic mass is 16.5. The standard InChI is InChI=1S/C14H20N6O2/c21-14(16-9-12-4-7-17-22-12)13-10-20(19-18-13)8-5-11-3-1-2-6-15-11/h4,7,10-11,15H,1-3,5-6,8-9H2,(H,16,21)/t11-/m1/s1. The number of aromatic nitrogens is 4. The van der Waals surface area contributed by atoms with Crippen LogP contribution in [-0.4, -0.2) is 38.6 Å². The average molecular weight is 304 g/mol. The van der Waals surface area contributed by atoms with Crippen LogP contribution in [0.3, 0.4) is 0 Å². The summed E-state index contributed by atoms with van der Waals surface area (Å²) in [6, 6.07) is 2.25. The Morgan fingerprint density at radius 2 is 2.45 bits per heavy atom. The van der Waals surface area contributed by atoms with Gasteiger partial charge in [0.15, 0.2) is 11.5 Å². The van der Waals surface area contributed by atoms with Crippen LogP contribution in [-0.2, 0) is 13.1 Å². The Morgan fingerprint density at radius 1 is 1.50 bits per heavy atom. The van der Waals surface area contributed by atoms with E-state index in [1.54, 1.807) is 16.9 Å². The predicted molar refractivity (Wildman–Crippen MR) is 78.0 cm³/mol. The average Bonchev–Trinajstić information content (AvgIpc) is 3.23. The van der Waals surface area contributed by atoms with Crippen molar-refractivity contribution in [1.29, 1.82) is 0 Å². The zero-order valence-electron chi connectivity index (χ0n) is 12.4. The summed E-state index contributed by atoms with van der Waals surface area (Å²) in [5, 5.41) is 17.7. The summed E-state index contributed by atoms with van der Waals surface area (Å²) in [7, 11) is 0. The molecule has 3 rings (SSSR count). The number of carbonyl (C=O) groups excluding carboxylic acids is 1. The number of carbonyl (C=O) groups is 1. The van der Waals surface area contributed by atoms with E-state index in [2.05, 4.69) is 26.1 Å².